The Balaban J connectivity index is 2.11. The number of phenols is 1. The monoisotopic (exact) mass is 271 g/mol. The predicted octanol–water partition coefficient (Wildman–Crippen LogP) is 2.06. The van der Waals surface area contributed by atoms with Gasteiger partial charge in [-0.3, -0.25) is 0 Å². The van der Waals surface area contributed by atoms with Gasteiger partial charge < -0.3 is 20.3 Å². The van der Waals surface area contributed by atoms with E-state index >= 15 is 0 Å². The second-order valence-corrected chi connectivity index (χ2v) is 5.20. The molecule has 18 heavy (non-hydrogen) atoms. The van der Waals surface area contributed by atoms with E-state index in [1.165, 1.54) is 7.11 Å². The van der Waals surface area contributed by atoms with Crippen molar-refractivity contribution >= 4 is 11.6 Å². The van der Waals surface area contributed by atoms with Crippen molar-refractivity contribution in [2.24, 2.45) is 0 Å². The molecule has 1 fully saturated rings. The summed E-state index contributed by atoms with van der Waals surface area (Å²) >= 11 is 5.96. The molecule has 1 aromatic carbocycles. The maximum atomic E-state index is 9.99. The van der Waals surface area contributed by atoms with Gasteiger partial charge in [0.15, 0.2) is 11.5 Å². The molecule has 100 valence electrons. The summed E-state index contributed by atoms with van der Waals surface area (Å²) in [6, 6.07) is 3.28. The van der Waals surface area contributed by atoms with Crippen LogP contribution in [0.15, 0.2) is 12.1 Å². The molecule has 0 aliphatic heterocycles. The average molecular weight is 272 g/mol. The molecule has 0 bridgehead atoms. The fourth-order valence-electron chi connectivity index (χ4n) is 2.20. The van der Waals surface area contributed by atoms with E-state index < -0.39 is 0 Å². The molecule has 1 aromatic rings. The van der Waals surface area contributed by atoms with Gasteiger partial charge in [0.1, 0.15) is 0 Å². The van der Waals surface area contributed by atoms with Gasteiger partial charge in [-0.2, -0.15) is 0 Å². The third-order valence-corrected chi connectivity index (χ3v) is 3.82. The number of hydrogen-bond donors (Lipinski definition) is 3. The number of hydrogen-bond acceptors (Lipinski definition) is 4. The summed E-state index contributed by atoms with van der Waals surface area (Å²) in [6.45, 7) is 0.578. The Bertz CT molecular complexity index is 427. The second kappa shape index (κ2) is 5.34. The zero-order valence-corrected chi connectivity index (χ0v) is 11.1. The molecular weight excluding hydrogens is 254 g/mol. The van der Waals surface area contributed by atoms with E-state index in [0.29, 0.717) is 22.9 Å². The standard InChI is InChI=1S/C13H18ClNO3/c1-18-11-6-10(14)5-9(12(11)17)7-15-13(8-16)3-2-4-13/h5-6,15-17H,2-4,7-8H2,1H3. The largest absolute Gasteiger partial charge is 0.504 e. The normalized spacial score (nSPS) is 17.3. The molecule has 0 heterocycles. The van der Waals surface area contributed by atoms with Crippen LogP contribution in [0.4, 0.5) is 0 Å². The number of aliphatic hydroxyl groups is 1. The number of benzene rings is 1. The first kappa shape index (κ1) is 13.5. The SMILES string of the molecule is COc1cc(Cl)cc(CNC2(CO)CCC2)c1O. The van der Waals surface area contributed by atoms with Crippen LogP contribution in [0.25, 0.3) is 0 Å². The molecule has 3 N–H and O–H groups in total. The van der Waals surface area contributed by atoms with Crippen molar-refractivity contribution in [3.8, 4) is 11.5 Å². The zero-order valence-electron chi connectivity index (χ0n) is 10.4. The van der Waals surface area contributed by atoms with Crippen molar-refractivity contribution in [3.05, 3.63) is 22.7 Å². The third-order valence-electron chi connectivity index (χ3n) is 3.61. The number of halogens is 1. The number of rotatable bonds is 5. The summed E-state index contributed by atoms with van der Waals surface area (Å²) in [6.07, 6.45) is 3.04. The molecule has 1 aliphatic carbocycles. The van der Waals surface area contributed by atoms with Gasteiger partial charge in [-0.25, -0.2) is 0 Å². The minimum atomic E-state index is -0.192. The number of methoxy groups -OCH3 is 1. The number of nitrogens with one attached hydrogen (secondary N) is 1. The minimum Gasteiger partial charge on any atom is -0.504 e. The molecule has 0 radical (unpaired) electrons. The summed E-state index contributed by atoms with van der Waals surface area (Å²) in [5.41, 5.74) is 0.487. The van der Waals surface area contributed by atoms with Crippen molar-refractivity contribution < 1.29 is 14.9 Å². The van der Waals surface area contributed by atoms with Gasteiger partial charge >= 0.3 is 0 Å². The average Bonchev–Trinajstić information content (AvgIpc) is 2.32. The lowest BCUT2D eigenvalue weighted by molar-refractivity contribution is 0.0869. The van der Waals surface area contributed by atoms with Crippen LogP contribution in [0.2, 0.25) is 5.02 Å². The molecule has 0 aromatic heterocycles. The van der Waals surface area contributed by atoms with Gasteiger partial charge in [0, 0.05) is 28.7 Å². The quantitative estimate of drug-likeness (QED) is 0.767. The van der Waals surface area contributed by atoms with Crippen LogP contribution in [0.5, 0.6) is 11.5 Å². The highest BCUT2D eigenvalue weighted by Gasteiger charge is 2.35. The van der Waals surface area contributed by atoms with Crippen LogP contribution in [0.1, 0.15) is 24.8 Å². The second-order valence-electron chi connectivity index (χ2n) is 4.76. The summed E-state index contributed by atoms with van der Waals surface area (Å²) < 4.78 is 5.05. The van der Waals surface area contributed by atoms with E-state index in [1.54, 1.807) is 12.1 Å². The summed E-state index contributed by atoms with van der Waals surface area (Å²) in [4.78, 5) is 0. The Morgan fingerprint density at radius 1 is 1.44 bits per heavy atom. The first-order chi connectivity index (χ1) is 8.60. The Morgan fingerprint density at radius 2 is 2.17 bits per heavy atom. The predicted molar refractivity (Wildman–Crippen MR) is 70.2 cm³/mol. The van der Waals surface area contributed by atoms with E-state index in [9.17, 15) is 10.2 Å². The number of aromatic hydroxyl groups is 1. The van der Waals surface area contributed by atoms with E-state index in [1.807, 2.05) is 0 Å². The van der Waals surface area contributed by atoms with Crippen molar-refractivity contribution in [3.63, 3.8) is 0 Å². The van der Waals surface area contributed by atoms with Gasteiger partial charge in [-0.05, 0) is 25.3 Å². The lowest BCUT2D eigenvalue weighted by Crippen LogP contribution is -2.53. The maximum absolute atomic E-state index is 9.99. The van der Waals surface area contributed by atoms with Crippen LogP contribution in [0.3, 0.4) is 0 Å². The van der Waals surface area contributed by atoms with Crippen molar-refractivity contribution in [1.82, 2.24) is 5.32 Å². The lowest BCUT2D eigenvalue weighted by atomic mass is 9.77. The molecular formula is C13H18ClNO3. The Hall–Kier alpha value is -0.970. The molecule has 0 spiro atoms. The highest BCUT2D eigenvalue weighted by Crippen LogP contribution is 2.35. The van der Waals surface area contributed by atoms with E-state index in [2.05, 4.69) is 5.32 Å². The number of aliphatic hydroxyl groups excluding tert-OH is 1. The van der Waals surface area contributed by atoms with Gasteiger partial charge in [0.2, 0.25) is 0 Å². The molecule has 0 unspecified atom stereocenters. The molecule has 1 aliphatic rings. The van der Waals surface area contributed by atoms with Gasteiger partial charge in [0.05, 0.1) is 13.7 Å². The highest BCUT2D eigenvalue weighted by atomic mass is 35.5. The van der Waals surface area contributed by atoms with Crippen LogP contribution >= 0.6 is 11.6 Å². The third kappa shape index (κ3) is 2.55. The summed E-state index contributed by atoms with van der Waals surface area (Å²) in [7, 11) is 1.49. The van der Waals surface area contributed by atoms with Crippen LogP contribution in [0, 0.1) is 0 Å². The van der Waals surface area contributed by atoms with E-state index in [4.69, 9.17) is 16.3 Å². The first-order valence-electron chi connectivity index (χ1n) is 6.01. The van der Waals surface area contributed by atoms with Crippen molar-refractivity contribution in [2.45, 2.75) is 31.3 Å². The Labute approximate surface area is 112 Å². The van der Waals surface area contributed by atoms with Gasteiger partial charge in [0.25, 0.3) is 0 Å². The smallest absolute Gasteiger partial charge is 0.162 e. The topological polar surface area (TPSA) is 61.7 Å². The molecule has 4 nitrogen and oxygen atoms in total. The highest BCUT2D eigenvalue weighted by molar-refractivity contribution is 6.30. The van der Waals surface area contributed by atoms with Crippen LogP contribution in [-0.4, -0.2) is 29.5 Å². The van der Waals surface area contributed by atoms with E-state index in [-0.39, 0.29) is 17.9 Å². The summed E-state index contributed by atoms with van der Waals surface area (Å²) in [5, 5.41) is 23.2. The molecule has 0 amide bonds. The van der Waals surface area contributed by atoms with Crippen molar-refractivity contribution in [2.75, 3.05) is 13.7 Å². The van der Waals surface area contributed by atoms with Crippen molar-refractivity contribution in [1.29, 1.82) is 0 Å². The molecule has 0 atom stereocenters. The van der Waals surface area contributed by atoms with Gasteiger partial charge in [-0.15, -0.1) is 0 Å². The Morgan fingerprint density at radius 3 is 2.67 bits per heavy atom. The van der Waals surface area contributed by atoms with Crippen LogP contribution < -0.4 is 10.1 Å². The summed E-state index contributed by atoms with van der Waals surface area (Å²) in [5.74, 6) is 0.466. The molecule has 5 heteroatoms. The van der Waals surface area contributed by atoms with Gasteiger partial charge in [-0.1, -0.05) is 11.6 Å². The Kier molecular flexibility index (Phi) is 4.00. The number of phenolic OH excluding ortho intramolecular Hbond substituents is 1. The lowest BCUT2D eigenvalue weighted by Gasteiger charge is -2.41. The first-order valence-corrected chi connectivity index (χ1v) is 6.39. The molecule has 0 saturated heterocycles. The fraction of sp³-hybridized carbons (Fsp3) is 0.538. The van der Waals surface area contributed by atoms with Crippen LogP contribution in [-0.2, 0) is 6.54 Å². The molecule has 1 saturated carbocycles. The van der Waals surface area contributed by atoms with E-state index in [0.717, 1.165) is 19.3 Å². The minimum absolute atomic E-state index is 0.0989. The maximum Gasteiger partial charge on any atom is 0.162 e. The zero-order chi connectivity index (χ0) is 13.2. The fourth-order valence-corrected chi connectivity index (χ4v) is 2.43. The number of ether oxygens (including phenoxy) is 1. The molecule has 2 rings (SSSR count).